The van der Waals surface area contributed by atoms with Gasteiger partial charge in [-0.05, 0) is 26.2 Å². The Balaban J connectivity index is 1.72. The Morgan fingerprint density at radius 3 is 2.48 bits per heavy atom. The molecule has 0 unspecified atom stereocenters. The van der Waals surface area contributed by atoms with Crippen LogP contribution in [0.25, 0.3) is 11.1 Å². The molecule has 1 aliphatic rings. The number of oxazole rings is 1. The maximum absolute atomic E-state index is 12.9. The van der Waals surface area contributed by atoms with Gasteiger partial charge < -0.3 is 14.2 Å². The number of hydrogen-bond acceptors (Lipinski definition) is 6. The molecule has 1 saturated heterocycles. The minimum absolute atomic E-state index is 0.0354. The molecule has 0 radical (unpaired) electrons. The number of hydrogen-bond donors (Lipinski definition) is 0. The average molecular weight is 396 g/mol. The predicted molar refractivity (Wildman–Crippen MR) is 100.0 cm³/mol. The zero-order valence-corrected chi connectivity index (χ0v) is 16.5. The summed E-state index contributed by atoms with van der Waals surface area (Å²) in [6.45, 7) is 1.89. The Labute approximate surface area is 157 Å². The van der Waals surface area contributed by atoms with Crippen molar-refractivity contribution in [3.8, 4) is 0 Å². The van der Waals surface area contributed by atoms with Gasteiger partial charge in [0, 0.05) is 52.3 Å². The van der Waals surface area contributed by atoms with E-state index in [2.05, 4.69) is 0 Å². The van der Waals surface area contributed by atoms with Gasteiger partial charge in [0.05, 0.1) is 10.4 Å². The van der Waals surface area contributed by atoms with Crippen molar-refractivity contribution in [3.63, 3.8) is 0 Å². The van der Waals surface area contributed by atoms with E-state index in [1.54, 1.807) is 18.0 Å². The van der Waals surface area contributed by atoms with E-state index in [1.807, 2.05) is 19.0 Å². The normalized spacial score (nSPS) is 16.4. The highest BCUT2D eigenvalue weighted by atomic mass is 32.2. The predicted octanol–water partition coefficient (Wildman–Crippen LogP) is -0.0839. The third-order valence-electron chi connectivity index (χ3n) is 4.77. The van der Waals surface area contributed by atoms with Gasteiger partial charge >= 0.3 is 5.76 Å². The quantitative estimate of drug-likeness (QED) is 0.701. The number of aryl methyl sites for hydroxylation is 1. The number of carbonyl (C=O) groups excluding carboxylic acids is 1. The van der Waals surface area contributed by atoms with E-state index in [0.717, 1.165) is 0 Å². The smallest absolute Gasteiger partial charge is 0.408 e. The van der Waals surface area contributed by atoms with Crippen molar-refractivity contribution in [3.05, 3.63) is 28.7 Å². The number of benzene rings is 1. The van der Waals surface area contributed by atoms with Crippen LogP contribution >= 0.6 is 0 Å². The van der Waals surface area contributed by atoms with Gasteiger partial charge in [-0.3, -0.25) is 9.36 Å². The number of rotatable bonds is 5. The SMILES string of the molecule is CN(C)CCC(=O)N1CCN(S(=O)(=O)c2ccc3c(c2)oc(=O)n3C)CC1. The number of carbonyl (C=O) groups is 1. The van der Waals surface area contributed by atoms with Crippen LogP contribution in [-0.4, -0.2) is 79.8 Å². The van der Waals surface area contributed by atoms with E-state index in [9.17, 15) is 18.0 Å². The van der Waals surface area contributed by atoms with Gasteiger partial charge in [-0.1, -0.05) is 0 Å². The molecule has 10 heteroatoms. The van der Waals surface area contributed by atoms with Gasteiger partial charge in [-0.25, -0.2) is 13.2 Å². The lowest BCUT2D eigenvalue weighted by Crippen LogP contribution is -2.50. The lowest BCUT2D eigenvalue weighted by molar-refractivity contribution is -0.132. The van der Waals surface area contributed by atoms with Crippen LogP contribution in [-0.2, 0) is 21.9 Å². The van der Waals surface area contributed by atoms with Crippen LogP contribution in [0.15, 0.2) is 32.3 Å². The first kappa shape index (κ1) is 19.6. The molecule has 2 heterocycles. The van der Waals surface area contributed by atoms with Crippen molar-refractivity contribution in [2.75, 3.05) is 46.8 Å². The Morgan fingerprint density at radius 2 is 1.85 bits per heavy atom. The number of fused-ring (bicyclic) bond motifs is 1. The van der Waals surface area contributed by atoms with E-state index < -0.39 is 15.8 Å². The maximum Gasteiger partial charge on any atom is 0.419 e. The first-order valence-electron chi connectivity index (χ1n) is 8.72. The van der Waals surface area contributed by atoms with Crippen LogP contribution in [0.3, 0.4) is 0 Å². The Kier molecular flexibility index (Phi) is 5.41. The molecule has 2 aromatic rings. The molecule has 148 valence electrons. The summed E-state index contributed by atoms with van der Waals surface area (Å²) in [5, 5.41) is 0. The van der Waals surface area contributed by atoms with Crippen molar-refractivity contribution in [1.82, 2.24) is 18.7 Å². The van der Waals surface area contributed by atoms with Gasteiger partial charge in [0.1, 0.15) is 0 Å². The van der Waals surface area contributed by atoms with E-state index in [0.29, 0.717) is 31.6 Å². The van der Waals surface area contributed by atoms with Crippen molar-refractivity contribution < 1.29 is 17.6 Å². The van der Waals surface area contributed by atoms with Crippen LogP contribution in [0.2, 0.25) is 0 Å². The van der Waals surface area contributed by atoms with Gasteiger partial charge in [0.2, 0.25) is 15.9 Å². The van der Waals surface area contributed by atoms with E-state index in [-0.39, 0.29) is 29.5 Å². The topological polar surface area (TPSA) is 96.1 Å². The molecule has 9 nitrogen and oxygen atoms in total. The molecule has 0 saturated carbocycles. The lowest BCUT2D eigenvalue weighted by Gasteiger charge is -2.34. The van der Waals surface area contributed by atoms with Crippen LogP contribution in [0.5, 0.6) is 0 Å². The van der Waals surface area contributed by atoms with Crippen molar-refractivity contribution in [2.24, 2.45) is 7.05 Å². The fraction of sp³-hybridized carbons (Fsp3) is 0.529. The van der Waals surface area contributed by atoms with E-state index in [1.165, 1.54) is 21.0 Å². The first-order chi connectivity index (χ1) is 12.7. The minimum atomic E-state index is -3.72. The molecule has 0 N–H and O–H groups in total. The highest BCUT2D eigenvalue weighted by molar-refractivity contribution is 7.89. The summed E-state index contributed by atoms with van der Waals surface area (Å²) in [6.07, 6.45) is 0.420. The largest absolute Gasteiger partial charge is 0.419 e. The highest BCUT2D eigenvalue weighted by Crippen LogP contribution is 2.22. The molecule has 1 aliphatic heterocycles. The third-order valence-corrected chi connectivity index (χ3v) is 6.66. The summed E-state index contributed by atoms with van der Waals surface area (Å²) in [4.78, 5) is 27.5. The molecule has 27 heavy (non-hydrogen) atoms. The fourth-order valence-corrected chi connectivity index (χ4v) is 4.52. The summed E-state index contributed by atoms with van der Waals surface area (Å²) in [5.41, 5.74) is 0.774. The summed E-state index contributed by atoms with van der Waals surface area (Å²) < 4.78 is 33.6. The van der Waals surface area contributed by atoms with Crippen LogP contribution in [0, 0.1) is 0 Å². The molecule has 1 fully saturated rings. The average Bonchev–Trinajstić information content (AvgIpc) is 2.93. The molecular formula is C17H24N4O5S. The summed E-state index contributed by atoms with van der Waals surface area (Å²) in [5.74, 6) is -0.502. The van der Waals surface area contributed by atoms with E-state index in [4.69, 9.17) is 4.42 Å². The number of piperazine rings is 1. The fourth-order valence-electron chi connectivity index (χ4n) is 3.08. The van der Waals surface area contributed by atoms with Crippen molar-refractivity contribution >= 4 is 27.0 Å². The zero-order chi connectivity index (χ0) is 19.8. The second kappa shape index (κ2) is 7.45. The van der Waals surface area contributed by atoms with E-state index >= 15 is 0 Å². The van der Waals surface area contributed by atoms with Crippen LogP contribution < -0.4 is 5.76 Å². The monoisotopic (exact) mass is 396 g/mol. The van der Waals surface area contributed by atoms with Gasteiger partial charge in [-0.15, -0.1) is 0 Å². The van der Waals surface area contributed by atoms with Gasteiger partial charge in [-0.2, -0.15) is 4.31 Å². The highest BCUT2D eigenvalue weighted by Gasteiger charge is 2.30. The summed E-state index contributed by atoms with van der Waals surface area (Å²) in [7, 11) is 1.66. The number of sulfonamides is 1. The van der Waals surface area contributed by atoms with Crippen LogP contribution in [0.4, 0.5) is 0 Å². The summed E-state index contributed by atoms with van der Waals surface area (Å²) in [6, 6.07) is 4.41. The molecule has 0 bridgehead atoms. The molecular weight excluding hydrogens is 372 g/mol. The molecule has 1 aromatic heterocycles. The molecule has 1 aromatic carbocycles. The van der Waals surface area contributed by atoms with Gasteiger partial charge in [0.25, 0.3) is 0 Å². The zero-order valence-electron chi connectivity index (χ0n) is 15.7. The standard InChI is InChI=1S/C17H24N4O5S/c1-18(2)7-6-16(22)20-8-10-21(11-9-20)27(24,25)13-4-5-14-15(12-13)26-17(23)19(14)3/h4-5,12H,6-11H2,1-3H3. The second-order valence-electron chi connectivity index (χ2n) is 6.89. The maximum atomic E-state index is 12.9. The molecule has 3 rings (SSSR count). The Hall–Kier alpha value is -2.17. The number of amides is 1. The number of nitrogens with zero attached hydrogens (tertiary/aromatic N) is 4. The molecule has 0 spiro atoms. The summed E-state index contributed by atoms with van der Waals surface area (Å²) >= 11 is 0. The molecule has 0 atom stereocenters. The molecule has 1 amide bonds. The van der Waals surface area contributed by atoms with Gasteiger partial charge in [0.15, 0.2) is 5.58 Å². The second-order valence-corrected chi connectivity index (χ2v) is 8.83. The first-order valence-corrected chi connectivity index (χ1v) is 10.2. The third kappa shape index (κ3) is 3.92. The minimum Gasteiger partial charge on any atom is -0.408 e. The molecule has 0 aliphatic carbocycles. The van der Waals surface area contributed by atoms with Crippen molar-refractivity contribution in [2.45, 2.75) is 11.3 Å². The lowest BCUT2D eigenvalue weighted by atomic mass is 10.3. The Bertz CT molecular complexity index is 1000. The number of aromatic nitrogens is 1. The Morgan fingerprint density at radius 1 is 1.19 bits per heavy atom. The van der Waals surface area contributed by atoms with Crippen LogP contribution in [0.1, 0.15) is 6.42 Å². The van der Waals surface area contributed by atoms with Crippen molar-refractivity contribution in [1.29, 1.82) is 0 Å².